The normalized spacial score (nSPS) is 10.8. The van der Waals surface area contributed by atoms with E-state index in [4.69, 9.17) is 19.7 Å². The highest BCUT2D eigenvalue weighted by Crippen LogP contribution is 2.29. The SMILES string of the molecule is C=C(CO)C(=O)OCC(COC(=O)C(=C)CO)c1ccc(-c2ccc(CCCCC)c(C)c2)c(C)c1. The van der Waals surface area contributed by atoms with Gasteiger partial charge in [0.1, 0.15) is 13.2 Å². The first kappa shape index (κ1) is 29.0. The van der Waals surface area contributed by atoms with Gasteiger partial charge in [0.2, 0.25) is 0 Å². The molecule has 2 aromatic rings. The molecule has 0 aliphatic heterocycles. The van der Waals surface area contributed by atoms with Gasteiger partial charge >= 0.3 is 11.9 Å². The van der Waals surface area contributed by atoms with Gasteiger partial charge in [-0.1, -0.05) is 69.3 Å². The van der Waals surface area contributed by atoms with Gasteiger partial charge in [-0.15, -0.1) is 0 Å². The van der Waals surface area contributed by atoms with Crippen LogP contribution in [-0.4, -0.2) is 48.6 Å². The smallest absolute Gasteiger partial charge is 0.335 e. The average molecular weight is 495 g/mol. The van der Waals surface area contributed by atoms with Crippen molar-refractivity contribution in [1.29, 1.82) is 0 Å². The van der Waals surface area contributed by atoms with E-state index in [9.17, 15) is 9.59 Å². The van der Waals surface area contributed by atoms with Gasteiger partial charge in [-0.25, -0.2) is 9.59 Å². The molecule has 36 heavy (non-hydrogen) atoms. The van der Waals surface area contributed by atoms with E-state index in [1.165, 1.54) is 30.4 Å². The lowest BCUT2D eigenvalue weighted by molar-refractivity contribution is -0.142. The third-order valence-electron chi connectivity index (χ3n) is 6.22. The van der Waals surface area contributed by atoms with Crippen molar-refractivity contribution in [2.45, 2.75) is 52.4 Å². The first-order valence-electron chi connectivity index (χ1n) is 12.3. The Morgan fingerprint density at radius 1 is 0.861 bits per heavy atom. The number of esters is 2. The molecule has 0 atom stereocenters. The molecule has 0 amide bonds. The minimum atomic E-state index is -0.712. The van der Waals surface area contributed by atoms with Crippen LogP contribution >= 0.6 is 0 Å². The zero-order valence-corrected chi connectivity index (χ0v) is 21.6. The molecule has 0 spiro atoms. The Hall–Kier alpha value is -3.22. The summed E-state index contributed by atoms with van der Waals surface area (Å²) in [5.74, 6) is -1.88. The molecule has 194 valence electrons. The van der Waals surface area contributed by atoms with Crippen LogP contribution in [0.1, 0.15) is 54.4 Å². The lowest BCUT2D eigenvalue weighted by Gasteiger charge is -2.20. The van der Waals surface area contributed by atoms with Gasteiger partial charge in [-0.05, 0) is 60.1 Å². The second-order valence-corrected chi connectivity index (χ2v) is 9.09. The molecule has 2 aromatic carbocycles. The molecule has 6 heteroatoms. The van der Waals surface area contributed by atoms with Crippen molar-refractivity contribution in [2.24, 2.45) is 0 Å². The predicted octanol–water partition coefficient (Wildman–Crippen LogP) is 4.97. The van der Waals surface area contributed by atoms with E-state index in [-0.39, 0.29) is 24.4 Å². The van der Waals surface area contributed by atoms with E-state index in [1.54, 1.807) is 0 Å². The fourth-order valence-corrected chi connectivity index (χ4v) is 3.90. The van der Waals surface area contributed by atoms with Crippen molar-refractivity contribution >= 4 is 11.9 Å². The van der Waals surface area contributed by atoms with Crippen molar-refractivity contribution in [3.8, 4) is 11.1 Å². The van der Waals surface area contributed by atoms with E-state index >= 15 is 0 Å². The molecule has 0 unspecified atom stereocenters. The molecule has 0 fully saturated rings. The van der Waals surface area contributed by atoms with Crippen molar-refractivity contribution in [3.05, 3.63) is 83.0 Å². The Kier molecular flexibility index (Phi) is 11.6. The maximum absolute atomic E-state index is 12.0. The van der Waals surface area contributed by atoms with Crippen LogP contribution in [-0.2, 0) is 25.5 Å². The Morgan fingerprint density at radius 3 is 1.97 bits per heavy atom. The summed E-state index contributed by atoms with van der Waals surface area (Å²) < 4.78 is 10.6. The number of aliphatic hydroxyl groups is 2. The number of aryl methyl sites for hydroxylation is 3. The highest BCUT2D eigenvalue weighted by atomic mass is 16.5. The highest BCUT2D eigenvalue weighted by molar-refractivity contribution is 5.88. The summed E-state index contributed by atoms with van der Waals surface area (Å²) in [5, 5.41) is 18.2. The number of carbonyl (C=O) groups is 2. The highest BCUT2D eigenvalue weighted by Gasteiger charge is 2.20. The quantitative estimate of drug-likeness (QED) is 0.219. The molecule has 0 aliphatic rings. The summed E-state index contributed by atoms with van der Waals surface area (Å²) >= 11 is 0. The predicted molar refractivity (Wildman–Crippen MR) is 142 cm³/mol. The van der Waals surface area contributed by atoms with Gasteiger partial charge in [0.25, 0.3) is 0 Å². The Morgan fingerprint density at radius 2 is 1.47 bits per heavy atom. The number of unbranched alkanes of at least 4 members (excludes halogenated alkanes) is 2. The number of carbonyl (C=O) groups excluding carboxylic acids is 2. The van der Waals surface area contributed by atoms with Gasteiger partial charge in [0, 0.05) is 0 Å². The van der Waals surface area contributed by atoms with Crippen LogP contribution in [0, 0.1) is 13.8 Å². The van der Waals surface area contributed by atoms with Crippen molar-refractivity contribution < 1.29 is 29.3 Å². The van der Waals surface area contributed by atoms with Crippen molar-refractivity contribution in [3.63, 3.8) is 0 Å². The standard InChI is InChI=1S/C30H38O6/c1-6-7-8-9-24-10-11-26(14-20(24)2)28-13-12-25(15-21(28)3)27(18-35-29(33)22(4)16-31)19-36-30(34)23(5)17-32/h10-15,27,31-32H,4-9,16-19H2,1-3H3. The van der Waals surface area contributed by atoms with Crippen LogP contribution in [0.4, 0.5) is 0 Å². The second-order valence-electron chi connectivity index (χ2n) is 9.09. The maximum atomic E-state index is 12.0. The van der Waals surface area contributed by atoms with Crippen LogP contribution in [0.5, 0.6) is 0 Å². The Bertz CT molecular complexity index is 1050. The summed E-state index contributed by atoms with van der Waals surface area (Å²) in [6, 6.07) is 12.5. The number of ether oxygens (including phenoxy) is 2. The summed E-state index contributed by atoms with van der Waals surface area (Å²) in [4.78, 5) is 24.0. The van der Waals surface area contributed by atoms with Crippen LogP contribution < -0.4 is 0 Å². The fraction of sp³-hybridized carbons (Fsp3) is 0.400. The van der Waals surface area contributed by atoms with Gasteiger partial charge in [-0.2, -0.15) is 0 Å². The second kappa shape index (κ2) is 14.4. The summed E-state index contributed by atoms with van der Waals surface area (Å²) in [6.45, 7) is 12.2. The minimum Gasteiger partial charge on any atom is -0.461 e. The third kappa shape index (κ3) is 8.18. The number of benzene rings is 2. The van der Waals surface area contributed by atoms with Crippen LogP contribution in [0.2, 0.25) is 0 Å². The van der Waals surface area contributed by atoms with Crippen LogP contribution in [0.15, 0.2) is 60.7 Å². The molecule has 2 N–H and O–H groups in total. The van der Waals surface area contributed by atoms with Crippen molar-refractivity contribution in [1.82, 2.24) is 0 Å². The van der Waals surface area contributed by atoms with Gasteiger partial charge in [0.05, 0.1) is 30.3 Å². The Labute approximate surface area is 214 Å². The molecule has 0 radical (unpaired) electrons. The zero-order chi connectivity index (χ0) is 26.7. The van der Waals surface area contributed by atoms with Gasteiger partial charge in [0.15, 0.2) is 0 Å². The van der Waals surface area contributed by atoms with Crippen molar-refractivity contribution in [2.75, 3.05) is 26.4 Å². The van der Waals surface area contributed by atoms with E-state index in [0.29, 0.717) is 0 Å². The van der Waals surface area contributed by atoms with E-state index in [1.807, 2.05) is 25.1 Å². The largest absolute Gasteiger partial charge is 0.461 e. The summed E-state index contributed by atoms with van der Waals surface area (Å²) in [7, 11) is 0. The van der Waals surface area contributed by atoms with Gasteiger partial charge < -0.3 is 19.7 Å². The lowest BCUT2D eigenvalue weighted by Crippen LogP contribution is -2.21. The van der Waals surface area contributed by atoms with E-state index in [2.05, 4.69) is 45.2 Å². The summed E-state index contributed by atoms with van der Waals surface area (Å²) in [5.41, 5.74) is 6.62. The summed E-state index contributed by atoms with van der Waals surface area (Å²) in [6.07, 6.45) is 4.71. The average Bonchev–Trinajstić information content (AvgIpc) is 2.88. The number of hydrogen-bond acceptors (Lipinski definition) is 6. The maximum Gasteiger partial charge on any atom is 0.335 e. The zero-order valence-electron chi connectivity index (χ0n) is 21.6. The number of hydrogen-bond donors (Lipinski definition) is 2. The Balaban J connectivity index is 2.25. The van der Waals surface area contributed by atoms with E-state index < -0.39 is 31.1 Å². The topological polar surface area (TPSA) is 93.1 Å². The number of aliphatic hydroxyl groups excluding tert-OH is 2. The van der Waals surface area contributed by atoms with E-state index in [0.717, 1.165) is 28.7 Å². The first-order chi connectivity index (χ1) is 17.2. The molecular formula is C30H38O6. The number of rotatable bonds is 14. The minimum absolute atomic E-state index is 0.0561. The fourth-order valence-electron chi connectivity index (χ4n) is 3.90. The molecule has 0 saturated heterocycles. The molecule has 0 aromatic heterocycles. The molecule has 2 rings (SSSR count). The lowest BCUT2D eigenvalue weighted by atomic mass is 9.91. The van der Waals surface area contributed by atoms with Gasteiger partial charge in [-0.3, -0.25) is 0 Å². The first-order valence-corrected chi connectivity index (χ1v) is 12.3. The molecule has 0 saturated carbocycles. The molecule has 0 heterocycles. The van der Waals surface area contributed by atoms with Crippen LogP contribution in [0.3, 0.4) is 0 Å². The monoisotopic (exact) mass is 494 g/mol. The molecule has 0 aliphatic carbocycles. The molecular weight excluding hydrogens is 456 g/mol. The van der Waals surface area contributed by atoms with Crippen LogP contribution in [0.25, 0.3) is 11.1 Å². The molecule has 0 bridgehead atoms. The molecule has 6 nitrogen and oxygen atoms in total. The third-order valence-corrected chi connectivity index (χ3v) is 6.22.